The molecule has 0 aliphatic heterocycles. The lowest BCUT2D eigenvalue weighted by Crippen LogP contribution is -2.16. The molecule has 0 atom stereocenters. The maximum absolute atomic E-state index is 12.0. The Labute approximate surface area is 123 Å². The third-order valence-corrected chi connectivity index (χ3v) is 2.84. The monoisotopic (exact) mass is 311 g/mol. The SMILES string of the molecule is O=C(Nc1ncccc1C(=O)O)c1cc(Cl)ncc1Cl. The number of carboxylic acid groups (broad SMARTS) is 1. The number of nitrogens with zero attached hydrogens (tertiary/aromatic N) is 2. The highest BCUT2D eigenvalue weighted by molar-refractivity contribution is 6.35. The molecule has 0 saturated heterocycles. The molecule has 2 aromatic heterocycles. The van der Waals surface area contributed by atoms with E-state index in [1.807, 2.05) is 0 Å². The summed E-state index contributed by atoms with van der Waals surface area (Å²) in [5.74, 6) is -1.90. The van der Waals surface area contributed by atoms with E-state index in [0.717, 1.165) is 0 Å². The van der Waals surface area contributed by atoms with Crippen molar-refractivity contribution in [2.75, 3.05) is 5.32 Å². The van der Waals surface area contributed by atoms with Gasteiger partial charge in [0.2, 0.25) is 0 Å². The molecule has 2 N–H and O–H groups in total. The fraction of sp³-hybridized carbons (Fsp3) is 0. The van der Waals surface area contributed by atoms with Crippen molar-refractivity contribution in [1.82, 2.24) is 9.97 Å². The molecule has 0 spiro atoms. The van der Waals surface area contributed by atoms with Gasteiger partial charge >= 0.3 is 5.97 Å². The molecular weight excluding hydrogens is 305 g/mol. The van der Waals surface area contributed by atoms with Crippen molar-refractivity contribution < 1.29 is 14.7 Å². The number of aromatic nitrogens is 2. The van der Waals surface area contributed by atoms with Gasteiger partial charge < -0.3 is 10.4 Å². The van der Waals surface area contributed by atoms with Crippen LogP contribution in [0.4, 0.5) is 5.82 Å². The Kier molecular flexibility index (Phi) is 4.16. The maximum atomic E-state index is 12.0. The smallest absolute Gasteiger partial charge is 0.339 e. The van der Waals surface area contributed by atoms with E-state index >= 15 is 0 Å². The van der Waals surface area contributed by atoms with E-state index in [-0.39, 0.29) is 27.1 Å². The predicted octanol–water partition coefficient (Wildman–Crippen LogP) is 2.73. The van der Waals surface area contributed by atoms with Gasteiger partial charge in [0.1, 0.15) is 16.5 Å². The second-order valence-electron chi connectivity index (χ2n) is 3.65. The fourth-order valence-corrected chi connectivity index (χ4v) is 1.79. The number of amides is 1. The number of rotatable bonds is 3. The number of carboxylic acids is 1. The van der Waals surface area contributed by atoms with E-state index < -0.39 is 11.9 Å². The summed E-state index contributed by atoms with van der Waals surface area (Å²) in [5, 5.41) is 11.6. The molecule has 0 bridgehead atoms. The molecule has 20 heavy (non-hydrogen) atoms. The van der Waals surface area contributed by atoms with E-state index in [2.05, 4.69) is 15.3 Å². The van der Waals surface area contributed by atoms with Crippen LogP contribution < -0.4 is 5.32 Å². The summed E-state index contributed by atoms with van der Waals surface area (Å²) in [6, 6.07) is 4.06. The second-order valence-corrected chi connectivity index (χ2v) is 4.44. The first kappa shape index (κ1) is 14.2. The zero-order valence-corrected chi connectivity index (χ0v) is 11.3. The van der Waals surface area contributed by atoms with Gasteiger partial charge in [-0.1, -0.05) is 23.2 Å². The summed E-state index contributed by atoms with van der Waals surface area (Å²) in [4.78, 5) is 30.6. The van der Waals surface area contributed by atoms with E-state index in [1.54, 1.807) is 0 Å². The van der Waals surface area contributed by atoms with Crippen molar-refractivity contribution >= 4 is 40.9 Å². The van der Waals surface area contributed by atoms with Crippen LogP contribution >= 0.6 is 23.2 Å². The Bertz CT molecular complexity index is 691. The number of pyridine rings is 2. The topological polar surface area (TPSA) is 92.2 Å². The zero-order valence-electron chi connectivity index (χ0n) is 9.80. The Balaban J connectivity index is 2.33. The maximum Gasteiger partial charge on any atom is 0.339 e. The van der Waals surface area contributed by atoms with Crippen LogP contribution in [0.5, 0.6) is 0 Å². The molecule has 0 unspecified atom stereocenters. The van der Waals surface area contributed by atoms with Crippen LogP contribution in [0, 0.1) is 0 Å². The number of hydrogen-bond donors (Lipinski definition) is 2. The predicted molar refractivity (Wildman–Crippen MR) is 73.4 cm³/mol. The number of halogens is 2. The quantitative estimate of drug-likeness (QED) is 0.850. The van der Waals surface area contributed by atoms with E-state index in [0.29, 0.717) is 0 Å². The van der Waals surface area contributed by atoms with Gasteiger partial charge in [0.25, 0.3) is 5.91 Å². The summed E-state index contributed by atoms with van der Waals surface area (Å²) < 4.78 is 0. The van der Waals surface area contributed by atoms with Crippen LogP contribution in [0.2, 0.25) is 10.2 Å². The number of aromatic carboxylic acids is 1. The molecule has 2 heterocycles. The lowest BCUT2D eigenvalue weighted by Gasteiger charge is -2.08. The number of carbonyl (C=O) groups is 2. The first-order valence-electron chi connectivity index (χ1n) is 5.29. The fourth-order valence-electron chi connectivity index (χ4n) is 1.44. The molecule has 2 aromatic rings. The van der Waals surface area contributed by atoms with E-state index in [9.17, 15) is 9.59 Å². The lowest BCUT2D eigenvalue weighted by molar-refractivity contribution is 0.0697. The number of hydrogen-bond acceptors (Lipinski definition) is 4. The Hall–Kier alpha value is -2.18. The molecule has 0 saturated carbocycles. The Morgan fingerprint density at radius 1 is 1.20 bits per heavy atom. The Morgan fingerprint density at radius 3 is 2.65 bits per heavy atom. The molecule has 0 radical (unpaired) electrons. The van der Waals surface area contributed by atoms with Gasteiger partial charge in [0, 0.05) is 12.4 Å². The minimum absolute atomic E-state index is 0.0750. The van der Waals surface area contributed by atoms with Crippen molar-refractivity contribution in [2.24, 2.45) is 0 Å². The third-order valence-electron chi connectivity index (χ3n) is 2.34. The van der Waals surface area contributed by atoms with Crippen LogP contribution in [0.15, 0.2) is 30.6 Å². The summed E-state index contributed by atoms with van der Waals surface area (Å²) in [6.45, 7) is 0. The summed E-state index contributed by atoms with van der Waals surface area (Å²) in [7, 11) is 0. The largest absolute Gasteiger partial charge is 0.478 e. The van der Waals surface area contributed by atoms with Crippen molar-refractivity contribution in [3.05, 3.63) is 51.9 Å². The van der Waals surface area contributed by atoms with Crippen LogP contribution in [0.3, 0.4) is 0 Å². The van der Waals surface area contributed by atoms with Crippen LogP contribution in [-0.2, 0) is 0 Å². The van der Waals surface area contributed by atoms with Crippen LogP contribution in [0.1, 0.15) is 20.7 Å². The van der Waals surface area contributed by atoms with E-state index in [1.165, 1.54) is 30.6 Å². The molecule has 8 heteroatoms. The highest BCUT2D eigenvalue weighted by atomic mass is 35.5. The standard InChI is InChI=1S/C12H7Cl2N3O3/c13-8-5-16-9(14)4-7(8)11(18)17-10-6(12(19)20)2-1-3-15-10/h1-5H,(H,19,20)(H,15,17,18). The molecule has 0 fully saturated rings. The van der Waals surface area contributed by atoms with Gasteiger partial charge in [-0.05, 0) is 18.2 Å². The van der Waals surface area contributed by atoms with Gasteiger partial charge in [-0.15, -0.1) is 0 Å². The highest BCUT2D eigenvalue weighted by Crippen LogP contribution is 2.20. The third kappa shape index (κ3) is 3.04. The van der Waals surface area contributed by atoms with Crippen molar-refractivity contribution in [3.63, 3.8) is 0 Å². The van der Waals surface area contributed by atoms with Gasteiger partial charge in [-0.2, -0.15) is 0 Å². The number of nitrogens with one attached hydrogen (secondary N) is 1. The average Bonchev–Trinajstić information content (AvgIpc) is 2.41. The molecule has 0 aromatic carbocycles. The molecule has 0 aliphatic rings. The molecule has 6 nitrogen and oxygen atoms in total. The normalized spacial score (nSPS) is 10.1. The van der Waals surface area contributed by atoms with Gasteiger partial charge in [-0.3, -0.25) is 4.79 Å². The second kappa shape index (κ2) is 5.85. The zero-order chi connectivity index (χ0) is 14.7. The Morgan fingerprint density at radius 2 is 1.95 bits per heavy atom. The minimum atomic E-state index is -1.20. The first-order chi connectivity index (χ1) is 9.49. The molecule has 102 valence electrons. The first-order valence-corrected chi connectivity index (χ1v) is 6.05. The van der Waals surface area contributed by atoms with Gasteiger partial charge in [0.05, 0.1) is 10.6 Å². The van der Waals surface area contributed by atoms with Gasteiger partial charge in [0.15, 0.2) is 0 Å². The van der Waals surface area contributed by atoms with Crippen LogP contribution in [0.25, 0.3) is 0 Å². The van der Waals surface area contributed by atoms with Crippen LogP contribution in [-0.4, -0.2) is 27.0 Å². The van der Waals surface area contributed by atoms with E-state index in [4.69, 9.17) is 28.3 Å². The van der Waals surface area contributed by atoms with Crippen molar-refractivity contribution in [2.45, 2.75) is 0 Å². The molecule has 1 amide bonds. The number of carbonyl (C=O) groups excluding carboxylic acids is 1. The average molecular weight is 312 g/mol. The number of anilines is 1. The summed E-state index contributed by atoms with van der Waals surface area (Å²) in [6.07, 6.45) is 2.60. The van der Waals surface area contributed by atoms with Gasteiger partial charge in [-0.25, -0.2) is 14.8 Å². The highest BCUT2D eigenvalue weighted by Gasteiger charge is 2.16. The minimum Gasteiger partial charge on any atom is -0.478 e. The van der Waals surface area contributed by atoms with Crippen molar-refractivity contribution in [1.29, 1.82) is 0 Å². The molecule has 2 rings (SSSR count). The van der Waals surface area contributed by atoms with Crippen molar-refractivity contribution in [3.8, 4) is 0 Å². The lowest BCUT2D eigenvalue weighted by atomic mass is 10.2. The molecular formula is C12H7Cl2N3O3. The summed E-state index contributed by atoms with van der Waals surface area (Å²) in [5.41, 5.74) is -0.0502. The summed E-state index contributed by atoms with van der Waals surface area (Å²) >= 11 is 11.5. The molecule has 0 aliphatic carbocycles.